The van der Waals surface area contributed by atoms with Gasteiger partial charge in [-0.2, -0.15) is 36.9 Å². The Hall–Kier alpha value is -8.09. The van der Waals surface area contributed by atoms with Crippen molar-refractivity contribution in [2.24, 2.45) is 20.5 Å². The lowest BCUT2D eigenvalue weighted by atomic mass is 10.1. The molecule has 0 aliphatic heterocycles. The lowest BCUT2D eigenvalue weighted by molar-refractivity contribution is 0.471. The molecule has 0 amide bonds. The van der Waals surface area contributed by atoms with Crippen LogP contribution in [0.5, 0.6) is 11.5 Å². The number of phenols is 2. The van der Waals surface area contributed by atoms with E-state index in [-0.39, 0.29) is 51.2 Å². The Morgan fingerprint density at radius 3 is 1.69 bits per heavy atom. The Balaban J connectivity index is 0.000000917. The third kappa shape index (κ3) is 12.7. The molecule has 0 saturated heterocycles. The number of fused-ring (bicyclic) bond motifs is 2. The highest BCUT2D eigenvalue weighted by molar-refractivity contribution is 7.86. The number of aromatic nitrogens is 3. The maximum atomic E-state index is 12.3. The van der Waals surface area contributed by atoms with Gasteiger partial charge in [0, 0.05) is 17.4 Å². The molecule has 0 unspecified atom stereocenters. The van der Waals surface area contributed by atoms with Gasteiger partial charge in [0.05, 0.1) is 32.7 Å². The highest BCUT2D eigenvalue weighted by Crippen LogP contribution is 2.42. The van der Waals surface area contributed by atoms with E-state index in [1.54, 1.807) is 49.4 Å². The third-order valence-electron chi connectivity index (χ3n) is 8.27. The molecule has 65 heavy (non-hydrogen) atoms. The Kier molecular flexibility index (Phi) is 14.7. The first-order valence-electron chi connectivity index (χ1n) is 17.4. The zero-order valence-corrected chi connectivity index (χ0v) is 35.8. The topological polar surface area (TPSA) is 416 Å². The van der Waals surface area contributed by atoms with Crippen LogP contribution in [0.1, 0.15) is 5.82 Å². The van der Waals surface area contributed by atoms with Crippen molar-refractivity contribution >= 4 is 120 Å². The van der Waals surface area contributed by atoms with E-state index < -0.39 is 57.0 Å². The lowest BCUT2D eigenvalue weighted by Crippen LogP contribution is -2.06. The molecule has 7 rings (SSSR count). The summed E-state index contributed by atoms with van der Waals surface area (Å²) in [5.41, 5.74) is 13.6. The fourth-order valence-electron chi connectivity index (χ4n) is 5.74. The first-order chi connectivity index (χ1) is 30.5. The van der Waals surface area contributed by atoms with Gasteiger partial charge in [0.2, 0.25) is 11.9 Å². The molecule has 1 aromatic heterocycles. The second-order valence-corrected chi connectivity index (χ2v) is 16.3. The molecule has 6 aromatic carbocycles. The van der Waals surface area contributed by atoms with E-state index >= 15 is 0 Å². The minimum atomic E-state index is -4.84. The first-order valence-corrected chi connectivity index (χ1v) is 22.3. The molecule has 29 heteroatoms. The summed E-state index contributed by atoms with van der Waals surface area (Å²) in [5, 5.41) is 45.1. The summed E-state index contributed by atoms with van der Waals surface area (Å²) < 4.78 is 118. The maximum absolute atomic E-state index is 12.3. The minimum absolute atomic E-state index is 0.0159. The Morgan fingerprint density at radius 2 is 1.11 bits per heavy atom. The molecule has 10 N–H and O–H groups in total. The smallest absolute Gasteiger partial charge is 0.425 e. The van der Waals surface area contributed by atoms with Gasteiger partial charge in [-0.3, -0.25) is 9.11 Å². The number of rotatable bonds is 10. The number of nitrogen functional groups attached to an aromatic ring is 2. The second-order valence-electron chi connectivity index (χ2n) is 12.7. The number of hydrogen-bond acceptors (Lipinski definition) is 23. The molecule has 1 heterocycles. The number of azo groups is 2. The van der Waals surface area contributed by atoms with Gasteiger partial charge < -0.3 is 32.3 Å². The van der Waals surface area contributed by atoms with Gasteiger partial charge >= 0.3 is 21.2 Å². The molecule has 0 saturated carbocycles. The van der Waals surface area contributed by atoms with Gasteiger partial charge in [-0.1, -0.05) is 30.3 Å². The predicted molar refractivity (Wildman–Crippen MR) is 231 cm³/mol. The maximum Gasteiger partial charge on any atom is 0.425 e. The average molecular weight is 968 g/mol. The quantitative estimate of drug-likeness (QED) is 0.0451. The Labute approximate surface area is 368 Å². The number of hydrogen-bond donors (Lipinski definition) is 8. The van der Waals surface area contributed by atoms with Crippen molar-refractivity contribution in [2.75, 3.05) is 22.1 Å². The Morgan fingerprint density at radius 1 is 0.569 bits per heavy atom. The van der Waals surface area contributed by atoms with Gasteiger partial charge in [0.1, 0.15) is 39.3 Å². The van der Waals surface area contributed by atoms with Crippen LogP contribution < -0.4 is 22.1 Å². The van der Waals surface area contributed by atoms with Crippen molar-refractivity contribution < 1.29 is 61.4 Å². The largest absolute Gasteiger partial charge is 0.507 e. The van der Waals surface area contributed by atoms with E-state index in [0.29, 0.717) is 34.0 Å². The van der Waals surface area contributed by atoms with Crippen molar-refractivity contribution in [1.82, 2.24) is 15.0 Å². The molecule has 0 bridgehead atoms. The van der Waals surface area contributed by atoms with Crippen LogP contribution in [-0.4, -0.2) is 76.4 Å². The molecule has 336 valence electrons. The standard InChI is InChI=1S/C36H29N11O8S2.2O3S/c1-18-39-35(41-21-5-3-6-23(15-21)44-46-33-25(37)11-8-19-4-2-7-28(48)31(19)33)43-36(40-18)42-22-10-13-30(57(53,54)55)27(16-22)45-47-34-26(38)12-9-20-14-24(56(50,51)52)17-29(49)32(20)34;2*1-4(2)3/h2-17,48-49H,37-38H2,1H3,(H,50,51,52)(H,53,54,55)(H2,39,40,41,42,43);;. The molecule has 0 fully saturated rings. The predicted octanol–water partition coefficient (Wildman–Crippen LogP) is 5.87. The van der Waals surface area contributed by atoms with E-state index in [1.807, 2.05) is 6.07 Å². The van der Waals surface area contributed by atoms with E-state index in [4.69, 9.17) is 36.7 Å². The van der Waals surface area contributed by atoms with Crippen molar-refractivity contribution in [3.63, 3.8) is 0 Å². The Bertz CT molecular complexity index is 3510. The molecule has 0 aliphatic rings. The number of nitrogens with two attached hydrogens (primary N) is 2. The number of phenolic OH excluding ortho intramolecular Hbond substituents is 2. The van der Waals surface area contributed by atoms with Crippen LogP contribution in [-0.2, 0) is 41.5 Å². The molecule has 7 aromatic rings. The number of aromatic hydroxyl groups is 2. The van der Waals surface area contributed by atoms with Crippen LogP contribution in [0.3, 0.4) is 0 Å². The molecular weight excluding hydrogens is 939 g/mol. The number of nitrogens with zero attached hydrogens (tertiary/aromatic N) is 7. The normalized spacial score (nSPS) is 11.4. The third-order valence-corrected chi connectivity index (χ3v) is 10.00. The summed E-state index contributed by atoms with van der Waals surface area (Å²) in [6, 6.07) is 23.6. The first kappa shape index (κ1) is 48.0. The van der Waals surface area contributed by atoms with E-state index in [1.165, 1.54) is 30.3 Å². The summed E-state index contributed by atoms with van der Waals surface area (Å²) >= 11 is 0. The van der Waals surface area contributed by atoms with E-state index in [2.05, 4.69) is 46.0 Å². The van der Waals surface area contributed by atoms with Gasteiger partial charge in [-0.25, -0.2) is 0 Å². The van der Waals surface area contributed by atoms with Gasteiger partial charge in [0.25, 0.3) is 20.2 Å². The fourth-order valence-corrected chi connectivity index (χ4v) is 6.88. The molecule has 25 nitrogen and oxygen atoms in total. The van der Waals surface area contributed by atoms with Crippen molar-refractivity contribution in [1.29, 1.82) is 0 Å². The van der Waals surface area contributed by atoms with Crippen molar-refractivity contribution in [3.8, 4) is 11.5 Å². The molecule has 0 aliphatic carbocycles. The summed E-state index contributed by atoms with van der Waals surface area (Å²) in [4.78, 5) is 11.8. The zero-order chi connectivity index (χ0) is 47.8. The number of benzene rings is 6. The van der Waals surface area contributed by atoms with Crippen LogP contribution in [0, 0.1) is 6.92 Å². The number of anilines is 6. The fraction of sp³-hybridized carbons (Fsp3) is 0.0278. The SMILES string of the molecule is Cc1nc(Nc2cccc(N=Nc3c(N)ccc4cccc(O)c34)c2)nc(Nc2ccc(S(=O)(=O)O)c(N=Nc3c(N)ccc4cc(S(=O)(=O)O)cc(O)c34)c2)n1.O=S(=O)=O.O=S(=O)=O. The van der Waals surface area contributed by atoms with Gasteiger partial charge in [0.15, 0.2) is 0 Å². The number of aryl methyl sites for hydroxylation is 1. The second kappa shape index (κ2) is 20.0. The minimum Gasteiger partial charge on any atom is -0.507 e. The molecule has 0 atom stereocenters. The highest BCUT2D eigenvalue weighted by atomic mass is 32.2. The summed E-state index contributed by atoms with van der Waals surface area (Å²) in [6.45, 7) is 1.62. The summed E-state index contributed by atoms with van der Waals surface area (Å²) in [5.74, 6) is -0.130. The number of nitrogens with one attached hydrogen (secondary N) is 2. The van der Waals surface area contributed by atoms with Crippen LogP contribution in [0.15, 0.2) is 127 Å². The molecule has 0 spiro atoms. The summed E-state index contributed by atoms with van der Waals surface area (Å²) in [6.07, 6.45) is 0. The summed E-state index contributed by atoms with van der Waals surface area (Å²) in [7, 11) is -15.7. The zero-order valence-electron chi connectivity index (χ0n) is 32.5. The monoisotopic (exact) mass is 967 g/mol. The van der Waals surface area contributed by atoms with E-state index in [9.17, 15) is 36.2 Å². The van der Waals surface area contributed by atoms with Crippen molar-refractivity contribution in [3.05, 3.63) is 103 Å². The van der Waals surface area contributed by atoms with Gasteiger partial charge in [-0.15, -0.1) is 40.6 Å². The van der Waals surface area contributed by atoms with Crippen LogP contribution in [0.25, 0.3) is 21.5 Å². The molecule has 0 radical (unpaired) electrons. The van der Waals surface area contributed by atoms with Crippen LogP contribution in [0.4, 0.5) is 57.4 Å². The van der Waals surface area contributed by atoms with E-state index in [0.717, 1.165) is 23.6 Å². The highest BCUT2D eigenvalue weighted by Gasteiger charge is 2.20. The molecular formula is C36H29N11O14S4. The average Bonchev–Trinajstić information content (AvgIpc) is 3.19. The van der Waals surface area contributed by atoms with Crippen LogP contribution >= 0.6 is 0 Å². The lowest BCUT2D eigenvalue weighted by Gasteiger charge is -2.11. The van der Waals surface area contributed by atoms with Crippen molar-refractivity contribution in [2.45, 2.75) is 16.7 Å². The van der Waals surface area contributed by atoms with Gasteiger partial charge in [-0.05, 0) is 78.4 Å². The van der Waals surface area contributed by atoms with Crippen LogP contribution in [0.2, 0.25) is 0 Å².